The van der Waals surface area contributed by atoms with Crippen LogP contribution in [0.5, 0.6) is 0 Å². The van der Waals surface area contributed by atoms with E-state index in [0.29, 0.717) is 24.2 Å². The van der Waals surface area contributed by atoms with Crippen LogP contribution in [0.25, 0.3) is 11.1 Å². The van der Waals surface area contributed by atoms with Crippen molar-refractivity contribution >= 4 is 17.7 Å². The smallest absolute Gasteiger partial charge is 0.303 e. The highest BCUT2D eigenvalue weighted by Gasteiger charge is 2.24. The van der Waals surface area contributed by atoms with Crippen molar-refractivity contribution in [3.63, 3.8) is 0 Å². The van der Waals surface area contributed by atoms with Gasteiger partial charge >= 0.3 is 5.97 Å². The fraction of sp³-hybridized carbons (Fsp3) is 0.286. The minimum absolute atomic E-state index is 0.0118. The number of nitrogens with one attached hydrogen (secondary N) is 1. The van der Waals surface area contributed by atoms with Crippen molar-refractivity contribution in [1.82, 2.24) is 4.90 Å². The average Bonchev–Trinajstić information content (AvgIpc) is 2.68. The Hall–Kier alpha value is -3.15. The lowest BCUT2D eigenvalue weighted by molar-refractivity contribution is -0.138. The molecule has 0 atom stereocenters. The molecule has 2 aromatic rings. The zero-order valence-corrected chi connectivity index (χ0v) is 15.0. The Kier molecular flexibility index (Phi) is 5.54. The van der Waals surface area contributed by atoms with Gasteiger partial charge in [0, 0.05) is 30.6 Å². The molecule has 140 valence electrons. The minimum atomic E-state index is -0.772. The van der Waals surface area contributed by atoms with Gasteiger partial charge in [-0.25, -0.2) is 0 Å². The van der Waals surface area contributed by atoms with E-state index in [-0.39, 0.29) is 24.1 Å². The summed E-state index contributed by atoms with van der Waals surface area (Å²) in [5.74, 6) is -0.588. The fourth-order valence-corrected chi connectivity index (χ4v) is 3.42. The number of carbonyl (C=O) groups excluding carboxylic acids is 1. The van der Waals surface area contributed by atoms with E-state index in [1.807, 2.05) is 36.4 Å². The predicted octanol–water partition coefficient (Wildman–Crippen LogP) is 2.96. The average molecular weight is 365 g/mol. The molecule has 3 rings (SSSR count). The second-order valence-corrected chi connectivity index (χ2v) is 6.90. The van der Waals surface area contributed by atoms with Crippen LogP contribution >= 0.6 is 0 Å². The van der Waals surface area contributed by atoms with Gasteiger partial charge in [-0.1, -0.05) is 36.4 Å². The first-order valence-electron chi connectivity index (χ1n) is 9.00. The summed E-state index contributed by atoms with van der Waals surface area (Å²) >= 11 is 0. The maximum atomic E-state index is 12.7. The molecule has 0 saturated carbocycles. The SMILES string of the molecule is N=C(N)c1ccc(-c2ccc(C(=O)N3CCC(CC(=O)O)CC3)cc2)cc1. The van der Waals surface area contributed by atoms with Crippen molar-refractivity contribution in [3.05, 3.63) is 59.7 Å². The molecule has 6 nitrogen and oxygen atoms in total. The highest BCUT2D eigenvalue weighted by Crippen LogP contribution is 2.24. The molecule has 0 aromatic heterocycles. The number of piperidine rings is 1. The van der Waals surface area contributed by atoms with E-state index < -0.39 is 5.97 Å². The molecular formula is C21H23N3O3. The van der Waals surface area contributed by atoms with Gasteiger partial charge in [-0.05, 0) is 42.0 Å². The summed E-state index contributed by atoms with van der Waals surface area (Å²) in [6, 6.07) is 14.9. The third kappa shape index (κ3) is 4.53. The summed E-state index contributed by atoms with van der Waals surface area (Å²) in [6.45, 7) is 1.20. The van der Waals surface area contributed by atoms with Gasteiger partial charge in [0.25, 0.3) is 5.91 Å². The number of carboxylic acids is 1. The highest BCUT2D eigenvalue weighted by molar-refractivity contribution is 5.96. The molecule has 1 amide bonds. The third-order valence-corrected chi connectivity index (χ3v) is 5.03. The number of nitrogens with two attached hydrogens (primary N) is 1. The summed E-state index contributed by atoms with van der Waals surface area (Å²) < 4.78 is 0. The number of aliphatic carboxylic acids is 1. The van der Waals surface area contributed by atoms with E-state index >= 15 is 0 Å². The second kappa shape index (κ2) is 8.03. The van der Waals surface area contributed by atoms with Gasteiger partial charge in [-0.3, -0.25) is 15.0 Å². The van der Waals surface area contributed by atoms with Gasteiger partial charge in [0.15, 0.2) is 0 Å². The molecule has 1 saturated heterocycles. The maximum Gasteiger partial charge on any atom is 0.303 e. The van der Waals surface area contributed by atoms with Crippen molar-refractivity contribution in [3.8, 4) is 11.1 Å². The van der Waals surface area contributed by atoms with Crippen LogP contribution < -0.4 is 5.73 Å². The lowest BCUT2D eigenvalue weighted by atomic mass is 9.93. The summed E-state index contributed by atoms with van der Waals surface area (Å²) in [5.41, 5.74) is 8.77. The summed E-state index contributed by atoms with van der Waals surface area (Å²) in [5, 5.41) is 16.3. The van der Waals surface area contributed by atoms with E-state index in [4.69, 9.17) is 16.2 Å². The topological polar surface area (TPSA) is 107 Å². The summed E-state index contributed by atoms with van der Waals surface area (Å²) in [4.78, 5) is 25.3. The van der Waals surface area contributed by atoms with Crippen LogP contribution in [-0.4, -0.2) is 40.8 Å². The van der Waals surface area contributed by atoms with Crippen LogP contribution in [0, 0.1) is 11.3 Å². The Bertz CT molecular complexity index is 836. The van der Waals surface area contributed by atoms with Gasteiger partial charge in [0.05, 0.1) is 0 Å². The number of amides is 1. The normalized spacial score (nSPS) is 14.7. The zero-order valence-electron chi connectivity index (χ0n) is 15.0. The molecule has 1 heterocycles. The van der Waals surface area contributed by atoms with Crippen molar-refractivity contribution < 1.29 is 14.7 Å². The molecule has 1 aliphatic rings. The van der Waals surface area contributed by atoms with Crippen molar-refractivity contribution in [1.29, 1.82) is 5.41 Å². The lowest BCUT2D eigenvalue weighted by Crippen LogP contribution is -2.38. The van der Waals surface area contributed by atoms with Crippen molar-refractivity contribution in [2.45, 2.75) is 19.3 Å². The number of nitrogens with zero attached hydrogens (tertiary/aromatic N) is 1. The molecule has 1 fully saturated rings. The molecule has 1 aliphatic heterocycles. The van der Waals surface area contributed by atoms with E-state index in [0.717, 1.165) is 24.0 Å². The van der Waals surface area contributed by atoms with Crippen LogP contribution in [0.1, 0.15) is 35.2 Å². The molecule has 6 heteroatoms. The van der Waals surface area contributed by atoms with Crippen LogP contribution in [0.15, 0.2) is 48.5 Å². The van der Waals surface area contributed by atoms with Gasteiger partial charge in [-0.15, -0.1) is 0 Å². The standard InChI is InChI=1S/C21H23N3O3/c22-20(23)17-5-1-15(2-6-17)16-3-7-18(8-4-16)21(27)24-11-9-14(10-12-24)13-19(25)26/h1-8,14H,9-13H2,(H3,22,23)(H,25,26). The number of carboxylic acid groups (broad SMARTS) is 1. The maximum absolute atomic E-state index is 12.7. The first-order chi connectivity index (χ1) is 12.9. The number of hydrogen-bond donors (Lipinski definition) is 3. The Morgan fingerprint density at radius 1 is 0.963 bits per heavy atom. The number of carbonyl (C=O) groups is 2. The quantitative estimate of drug-likeness (QED) is 0.559. The Morgan fingerprint density at radius 3 is 1.89 bits per heavy atom. The molecule has 0 radical (unpaired) electrons. The summed E-state index contributed by atoms with van der Waals surface area (Å²) in [7, 11) is 0. The van der Waals surface area contributed by atoms with Crippen LogP contribution in [-0.2, 0) is 4.79 Å². The molecule has 4 N–H and O–H groups in total. The Morgan fingerprint density at radius 2 is 1.44 bits per heavy atom. The fourth-order valence-electron chi connectivity index (χ4n) is 3.42. The molecule has 2 aromatic carbocycles. The van der Waals surface area contributed by atoms with E-state index in [1.54, 1.807) is 17.0 Å². The first-order valence-corrected chi connectivity index (χ1v) is 9.00. The molecule has 0 unspecified atom stereocenters. The largest absolute Gasteiger partial charge is 0.481 e. The number of nitrogen functional groups attached to an aromatic ring is 1. The van der Waals surface area contributed by atoms with Gasteiger partial charge in [0.1, 0.15) is 5.84 Å². The molecule has 0 spiro atoms. The van der Waals surface area contributed by atoms with Gasteiger partial charge in [-0.2, -0.15) is 0 Å². The molecule has 27 heavy (non-hydrogen) atoms. The van der Waals surface area contributed by atoms with Crippen LogP contribution in [0.2, 0.25) is 0 Å². The minimum Gasteiger partial charge on any atom is -0.481 e. The van der Waals surface area contributed by atoms with E-state index in [9.17, 15) is 9.59 Å². The van der Waals surface area contributed by atoms with E-state index in [1.165, 1.54) is 0 Å². The van der Waals surface area contributed by atoms with Crippen LogP contribution in [0.3, 0.4) is 0 Å². The summed E-state index contributed by atoms with van der Waals surface area (Å²) in [6.07, 6.45) is 1.65. The first kappa shape index (κ1) is 18.6. The molecule has 0 aliphatic carbocycles. The van der Waals surface area contributed by atoms with Gasteiger partial charge in [0.2, 0.25) is 0 Å². The number of amidine groups is 1. The number of hydrogen-bond acceptors (Lipinski definition) is 3. The van der Waals surface area contributed by atoms with Gasteiger partial charge < -0.3 is 15.7 Å². The third-order valence-electron chi connectivity index (χ3n) is 5.03. The van der Waals surface area contributed by atoms with Crippen LogP contribution in [0.4, 0.5) is 0 Å². The zero-order chi connectivity index (χ0) is 19.4. The van der Waals surface area contributed by atoms with Crippen molar-refractivity contribution in [2.24, 2.45) is 11.7 Å². The van der Waals surface area contributed by atoms with Crippen molar-refractivity contribution in [2.75, 3.05) is 13.1 Å². The monoisotopic (exact) mass is 365 g/mol. The number of rotatable bonds is 5. The second-order valence-electron chi connectivity index (χ2n) is 6.90. The number of likely N-dealkylation sites (tertiary alicyclic amines) is 1. The lowest BCUT2D eigenvalue weighted by Gasteiger charge is -2.31. The molecule has 0 bridgehead atoms. The predicted molar refractivity (Wildman–Crippen MR) is 104 cm³/mol. The number of benzene rings is 2. The Balaban J connectivity index is 1.64. The highest BCUT2D eigenvalue weighted by atomic mass is 16.4. The van der Waals surface area contributed by atoms with E-state index in [2.05, 4.69) is 0 Å². The Labute approximate surface area is 158 Å². The molecular weight excluding hydrogens is 342 g/mol.